The van der Waals surface area contributed by atoms with Crippen LogP contribution in [0.15, 0.2) is 0 Å². The average molecular weight is 252 g/mol. The van der Waals surface area contributed by atoms with E-state index in [-0.39, 0.29) is 0 Å². The monoisotopic (exact) mass is 252 g/mol. The third kappa shape index (κ3) is 3.48. The van der Waals surface area contributed by atoms with E-state index in [1.165, 1.54) is 57.8 Å². The third-order valence-corrected chi connectivity index (χ3v) is 5.65. The maximum atomic E-state index is 5.90. The molecule has 3 atom stereocenters. The molecular formula is C16H32N2. The van der Waals surface area contributed by atoms with Gasteiger partial charge in [0.05, 0.1) is 0 Å². The lowest BCUT2D eigenvalue weighted by Crippen LogP contribution is -2.48. The van der Waals surface area contributed by atoms with Gasteiger partial charge in [-0.1, -0.05) is 46.0 Å². The van der Waals surface area contributed by atoms with Crippen molar-refractivity contribution < 1.29 is 0 Å². The van der Waals surface area contributed by atoms with Crippen LogP contribution >= 0.6 is 0 Å². The highest BCUT2D eigenvalue weighted by atomic mass is 15.2. The van der Waals surface area contributed by atoms with Crippen molar-refractivity contribution in [3.8, 4) is 0 Å². The second-order valence-corrected chi connectivity index (χ2v) is 6.91. The fraction of sp³-hybridized carbons (Fsp3) is 1.00. The predicted octanol–water partition coefficient (Wildman–Crippen LogP) is 3.86. The molecule has 2 saturated carbocycles. The maximum absolute atomic E-state index is 5.90. The quantitative estimate of drug-likeness (QED) is 0.589. The number of hydrazine groups is 1. The lowest BCUT2D eigenvalue weighted by Gasteiger charge is -2.40. The molecule has 0 radical (unpaired) electrons. The van der Waals surface area contributed by atoms with Crippen molar-refractivity contribution in [3.63, 3.8) is 0 Å². The van der Waals surface area contributed by atoms with Gasteiger partial charge in [-0.25, -0.2) is 0 Å². The van der Waals surface area contributed by atoms with Crippen LogP contribution in [0.4, 0.5) is 0 Å². The van der Waals surface area contributed by atoms with E-state index in [1.807, 2.05) is 0 Å². The van der Waals surface area contributed by atoms with E-state index < -0.39 is 0 Å². The van der Waals surface area contributed by atoms with Gasteiger partial charge in [-0.05, 0) is 49.4 Å². The second-order valence-electron chi connectivity index (χ2n) is 6.91. The van der Waals surface area contributed by atoms with E-state index in [9.17, 15) is 0 Å². The van der Waals surface area contributed by atoms with Crippen LogP contribution in [0.3, 0.4) is 0 Å². The molecule has 0 aromatic heterocycles. The predicted molar refractivity (Wildman–Crippen MR) is 78.0 cm³/mol. The number of rotatable bonds is 4. The van der Waals surface area contributed by atoms with Crippen LogP contribution in [0.1, 0.15) is 71.6 Å². The summed E-state index contributed by atoms with van der Waals surface area (Å²) in [6.45, 7) is 4.75. The summed E-state index contributed by atoms with van der Waals surface area (Å²) >= 11 is 0. The van der Waals surface area contributed by atoms with Gasteiger partial charge in [0, 0.05) is 6.04 Å². The minimum absolute atomic E-state index is 0.588. The summed E-state index contributed by atoms with van der Waals surface area (Å²) < 4.78 is 0. The fourth-order valence-electron chi connectivity index (χ4n) is 4.42. The Kier molecular flexibility index (Phi) is 5.50. The molecule has 0 aromatic rings. The van der Waals surface area contributed by atoms with Gasteiger partial charge < -0.3 is 0 Å². The Morgan fingerprint density at radius 2 is 1.78 bits per heavy atom. The molecule has 2 fully saturated rings. The summed E-state index contributed by atoms with van der Waals surface area (Å²) in [5.41, 5.74) is 3.19. The lowest BCUT2D eigenvalue weighted by atomic mass is 9.70. The Morgan fingerprint density at radius 1 is 1.06 bits per heavy atom. The molecule has 18 heavy (non-hydrogen) atoms. The van der Waals surface area contributed by atoms with Crippen molar-refractivity contribution in [2.24, 2.45) is 29.5 Å². The van der Waals surface area contributed by atoms with E-state index in [1.54, 1.807) is 0 Å². The molecule has 0 bridgehead atoms. The van der Waals surface area contributed by atoms with Gasteiger partial charge in [0.2, 0.25) is 0 Å². The normalized spacial score (nSPS) is 39.5. The van der Waals surface area contributed by atoms with Gasteiger partial charge in [0.15, 0.2) is 0 Å². The number of nitrogens with two attached hydrogens (primary N) is 1. The van der Waals surface area contributed by atoms with E-state index in [4.69, 9.17) is 5.84 Å². The van der Waals surface area contributed by atoms with Crippen LogP contribution in [-0.4, -0.2) is 6.04 Å². The molecule has 0 amide bonds. The smallest absolute Gasteiger partial charge is 0.0267 e. The molecule has 3 unspecified atom stereocenters. The van der Waals surface area contributed by atoms with Gasteiger partial charge in [-0.15, -0.1) is 0 Å². The molecule has 106 valence electrons. The Hall–Kier alpha value is -0.0800. The molecule has 2 heteroatoms. The summed E-state index contributed by atoms with van der Waals surface area (Å²) in [5, 5.41) is 0. The first-order valence-electron chi connectivity index (χ1n) is 8.20. The van der Waals surface area contributed by atoms with E-state index in [2.05, 4.69) is 19.3 Å². The molecule has 0 saturated heterocycles. The number of hydrogen-bond acceptors (Lipinski definition) is 2. The van der Waals surface area contributed by atoms with Gasteiger partial charge in [0.25, 0.3) is 0 Å². The molecule has 0 spiro atoms. The molecule has 2 aliphatic carbocycles. The fourth-order valence-corrected chi connectivity index (χ4v) is 4.42. The molecule has 0 aromatic carbocycles. The van der Waals surface area contributed by atoms with Crippen LogP contribution in [0.25, 0.3) is 0 Å². The molecule has 3 N–H and O–H groups in total. The van der Waals surface area contributed by atoms with E-state index in [0.717, 1.165) is 23.7 Å². The molecule has 2 rings (SSSR count). The Labute approximate surface area is 113 Å². The summed E-state index contributed by atoms with van der Waals surface area (Å²) in [4.78, 5) is 0. The van der Waals surface area contributed by atoms with Crippen molar-refractivity contribution in [1.82, 2.24) is 5.43 Å². The summed E-state index contributed by atoms with van der Waals surface area (Å²) in [6.07, 6.45) is 12.7. The van der Waals surface area contributed by atoms with Crippen molar-refractivity contribution in [1.29, 1.82) is 0 Å². The number of nitrogens with one attached hydrogen (secondary N) is 1. The molecule has 2 aliphatic rings. The Balaban J connectivity index is 1.88. The lowest BCUT2D eigenvalue weighted by molar-refractivity contribution is 0.136. The SMILES string of the molecule is CCC1CCC(C(NN)C2CCCC(C)C2)CC1. The molecule has 0 heterocycles. The third-order valence-electron chi connectivity index (χ3n) is 5.65. The molecule has 0 aliphatic heterocycles. The topological polar surface area (TPSA) is 38.0 Å². The first-order valence-corrected chi connectivity index (χ1v) is 8.20. The number of hydrogen-bond donors (Lipinski definition) is 2. The Morgan fingerprint density at radius 3 is 2.33 bits per heavy atom. The van der Waals surface area contributed by atoms with Gasteiger partial charge >= 0.3 is 0 Å². The van der Waals surface area contributed by atoms with E-state index in [0.29, 0.717) is 6.04 Å². The van der Waals surface area contributed by atoms with Crippen molar-refractivity contribution in [2.45, 2.75) is 77.7 Å². The molecular weight excluding hydrogens is 220 g/mol. The van der Waals surface area contributed by atoms with Gasteiger partial charge in [0.1, 0.15) is 0 Å². The zero-order valence-corrected chi connectivity index (χ0v) is 12.3. The minimum Gasteiger partial charge on any atom is -0.271 e. The Bertz CT molecular complexity index is 233. The summed E-state index contributed by atoms with van der Waals surface area (Å²) in [5.74, 6) is 9.47. The maximum Gasteiger partial charge on any atom is 0.0267 e. The zero-order valence-electron chi connectivity index (χ0n) is 12.3. The van der Waals surface area contributed by atoms with Crippen LogP contribution in [0.5, 0.6) is 0 Å². The van der Waals surface area contributed by atoms with Crippen molar-refractivity contribution in [2.75, 3.05) is 0 Å². The van der Waals surface area contributed by atoms with Crippen molar-refractivity contribution >= 4 is 0 Å². The van der Waals surface area contributed by atoms with Crippen molar-refractivity contribution in [3.05, 3.63) is 0 Å². The largest absolute Gasteiger partial charge is 0.271 e. The summed E-state index contributed by atoms with van der Waals surface area (Å²) in [6, 6.07) is 0.588. The molecule has 2 nitrogen and oxygen atoms in total. The standard InChI is InChI=1S/C16H32N2/c1-3-13-7-9-14(10-8-13)16(18-17)15-6-4-5-12(2)11-15/h12-16,18H,3-11,17H2,1-2H3. The minimum atomic E-state index is 0.588. The first-order chi connectivity index (χ1) is 8.74. The van der Waals surface area contributed by atoms with E-state index >= 15 is 0 Å². The highest BCUT2D eigenvalue weighted by Crippen LogP contribution is 2.39. The van der Waals surface area contributed by atoms with Crippen LogP contribution in [0.2, 0.25) is 0 Å². The summed E-state index contributed by atoms with van der Waals surface area (Å²) in [7, 11) is 0. The highest BCUT2D eigenvalue weighted by molar-refractivity contribution is 4.87. The van der Waals surface area contributed by atoms with Gasteiger partial charge in [-0.2, -0.15) is 0 Å². The van der Waals surface area contributed by atoms with Crippen LogP contribution in [-0.2, 0) is 0 Å². The van der Waals surface area contributed by atoms with Crippen LogP contribution in [0, 0.1) is 23.7 Å². The zero-order chi connectivity index (χ0) is 13.0. The first kappa shape index (κ1) is 14.3. The van der Waals surface area contributed by atoms with Gasteiger partial charge in [-0.3, -0.25) is 11.3 Å². The van der Waals surface area contributed by atoms with Crippen LogP contribution < -0.4 is 11.3 Å². The second kappa shape index (κ2) is 6.91. The highest BCUT2D eigenvalue weighted by Gasteiger charge is 2.33. The average Bonchev–Trinajstić information content (AvgIpc) is 2.40.